The predicted molar refractivity (Wildman–Crippen MR) is 117 cm³/mol. The zero-order valence-electron chi connectivity index (χ0n) is 16.5. The van der Waals surface area contributed by atoms with E-state index in [1.807, 2.05) is 24.3 Å². The Bertz CT molecular complexity index is 1250. The summed E-state index contributed by atoms with van der Waals surface area (Å²) in [7, 11) is 0. The first-order chi connectivity index (χ1) is 15.3. The molecule has 0 bridgehead atoms. The molecule has 10 heteroatoms. The van der Waals surface area contributed by atoms with Crippen molar-refractivity contribution in [1.29, 1.82) is 0 Å². The number of anilines is 1. The van der Waals surface area contributed by atoms with Crippen molar-refractivity contribution in [1.82, 2.24) is 4.57 Å². The number of amides is 1. The average molecular weight is 479 g/mol. The molecular weight excluding hydrogens is 461 g/mol. The molecule has 2 aromatic carbocycles. The van der Waals surface area contributed by atoms with Gasteiger partial charge in [-0.2, -0.15) is 13.2 Å². The maximum absolute atomic E-state index is 12.9. The number of benzene rings is 2. The van der Waals surface area contributed by atoms with Crippen LogP contribution in [-0.2, 0) is 17.5 Å². The molecule has 3 heterocycles. The van der Waals surface area contributed by atoms with Gasteiger partial charge in [0.1, 0.15) is 12.3 Å². The summed E-state index contributed by atoms with van der Waals surface area (Å²) in [6.07, 6.45) is -4.50. The molecule has 0 spiro atoms. The van der Waals surface area contributed by atoms with Crippen molar-refractivity contribution in [2.24, 2.45) is 5.92 Å². The zero-order chi connectivity index (χ0) is 22.5. The molecule has 5 rings (SSSR count). The van der Waals surface area contributed by atoms with E-state index in [0.717, 1.165) is 50.4 Å². The Morgan fingerprint density at radius 2 is 2.00 bits per heavy atom. The van der Waals surface area contributed by atoms with Crippen LogP contribution in [0.15, 0.2) is 58.4 Å². The minimum Gasteiger partial charge on any atom is -0.493 e. The molecule has 32 heavy (non-hydrogen) atoms. The van der Waals surface area contributed by atoms with Gasteiger partial charge in [-0.25, -0.2) is 0 Å². The van der Waals surface area contributed by atoms with E-state index in [2.05, 4.69) is 5.32 Å². The van der Waals surface area contributed by atoms with Crippen molar-refractivity contribution in [2.45, 2.75) is 23.7 Å². The Morgan fingerprint density at radius 1 is 1.19 bits per heavy atom. The summed E-state index contributed by atoms with van der Waals surface area (Å²) in [6, 6.07) is 12.2. The Morgan fingerprint density at radius 3 is 2.81 bits per heavy atom. The van der Waals surface area contributed by atoms with E-state index in [0.29, 0.717) is 6.61 Å². The summed E-state index contributed by atoms with van der Waals surface area (Å²) in [5, 5.41) is 3.22. The Balaban J connectivity index is 1.41. The molecule has 0 saturated carbocycles. The van der Waals surface area contributed by atoms with Gasteiger partial charge in [0.25, 0.3) is 0 Å². The van der Waals surface area contributed by atoms with E-state index < -0.39 is 17.6 Å². The highest BCUT2D eigenvalue weighted by molar-refractivity contribution is 7.99. The van der Waals surface area contributed by atoms with Crippen LogP contribution in [0.1, 0.15) is 21.9 Å². The number of carbonyl (C=O) groups excluding carboxylic acids is 1. The maximum Gasteiger partial charge on any atom is 0.416 e. The first kappa shape index (κ1) is 21.1. The van der Waals surface area contributed by atoms with Gasteiger partial charge in [0, 0.05) is 33.7 Å². The molecule has 1 amide bonds. The first-order valence-electron chi connectivity index (χ1n) is 9.86. The number of hydrogen-bond acceptors (Lipinski definition) is 5. The molecule has 0 radical (unpaired) electrons. The highest BCUT2D eigenvalue weighted by Gasteiger charge is 2.40. The molecule has 2 aliphatic heterocycles. The molecule has 1 aromatic heterocycles. The third-order valence-corrected chi connectivity index (χ3v) is 8.04. The number of ether oxygens (including phenoxy) is 1. The summed E-state index contributed by atoms with van der Waals surface area (Å²) in [6.45, 7) is 0.305. The van der Waals surface area contributed by atoms with Gasteiger partial charge in [0.2, 0.25) is 5.91 Å². The second-order valence-electron chi connectivity index (χ2n) is 7.65. The van der Waals surface area contributed by atoms with Crippen LogP contribution in [0.3, 0.4) is 0 Å². The summed E-state index contributed by atoms with van der Waals surface area (Å²) >= 11 is 2.64. The van der Waals surface area contributed by atoms with E-state index in [9.17, 15) is 22.8 Å². The topological polar surface area (TPSA) is 60.3 Å². The monoisotopic (exact) mass is 478 g/mol. The predicted octanol–water partition coefficient (Wildman–Crippen LogP) is 4.81. The number of fused-ring (bicyclic) bond motifs is 5. The molecule has 0 saturated heterocycles. The summed E-state index contributed by atoms with van der Waals surface area (Å²) in [5.41, 5.74) is 0.223. The lowest BCUT2D eigenvalue weighted by Gasteiger charge is -2.36. The van der Waals surface area contributed by atoms with E-state index in [4.69, 9.17) is 4.74 Å². The van der Waals surface area contributed by atoms with Gasteiger partial charge in [0.05, 0.1) is 17.2 Å². The fourth-order valence-corrected chi connectivity index (χ4v) is 6.80. The summed E-state index contributed by atoms with van der Waals surface area (Å²) in [5.74, 6) is 1.26. The molecule has 0 aliphatic carbocycles. The molecule has 1 N–H and O–H groups in total. The van der Waals surface area contributed by atoms with Gasteiger partial charge < -0.3 is 10.1 Å². The number of nitrogens with zero attached hydrogens (tertiary/aromatic N) is 1. The molecule has 166 valence electrons. The van der Waals surface area contributed by atoms with Crippen molar-refractivity contribution in [3.05, 3.63) is 74.2 Å². The minimum atomic E-state index is -4.50. The maximum atomic E-state index is 12.9. The SMILES string of the molecule is O=C(Cn1c2c(sc1=O)[C@H]1c3ccccc3OC[C@@H]1CS2)Nc1cccc(C(F)(F)F)c1. The van der Waals surface area contributed by atoms with Crippen molar-refractivity contribution in [3.8, 4) is 5.75 Å². The molecule has 0 fully saturated rings. The molecule has 2 aliphatic rings. The average Bonchev–Trinajstić information content (AvgIpc) is 3.08. The van der Waals surface area contributed by atoms with E-state index in [1.54, 1.807) is 0 Å². The van der Waals surface area contributed by atoms with Crippen LogP contribution in [0.5, 0.6) is 5.75 Å². The highest BCUT2D eigenvalue weighted by Crippen LogP contribution is 2.50. The number of halogens is 3. The van der Waals surface area contributed by atoms with Crippen LogP contribution < -0.4 is 14.9 Å². The summed E-state index contributed by atoms with van der Waals surface area (Å²) < 4.78 is 46.1. The van der Waals surface area contributed by atoms with Crippen LogP contribution >= 0.6 is 23.1 Å². The largest absolute Gasteiger partial charge is 0.493 e. The standard InChI is InChI=1S/C22H17F3N2O3S2/c23-22(24,25)13-4-3-5-14(8-13)26-17(28)9-27-20-19(32-21(27)29)18-12(11-31-20)10-30-16-7-2-1-6-15(16)18/h1-8,12,18H,9-11H2,(H,26,28)/t12-,18-/m1/s1. The first-order valence-corrected chi connectivity index (χ1v) is 11.7. The Labute approximate surface area is 189 Å². The number of rotatable bonds is 3. The summed E-state index contributed by atoms with van der Waals surface area (Å²) in [4.78, 5) is 26.0. The number of alkyl halides is 3. The number of hydrogen-bond donors (Lipinski definition) is 1. The van der Waals surface area contributed by atoms with E-state index in [-0.39, 0.29) is 28.9 Å². The Kier molecular flexibility index (Phi) is 5.29. The fourth-order valence-electron chi connectivity index (χ4n) is 4.11. The van der Waals surface area contributed by atoms with Gasteiger partial charge in [0.15, 0.2) is 0 Å². The minimum absolute atomic E-state index is 0.0293. The molecular formula is C22H17F3N2O3S2. The molecule has 5 nitrogen and oxygen atoms in total. The smallest absolute Gasteiger partial charge is 0.416 e. The number of aromatic nitrogens is 1. The fraction of sp³-hybridized carbons (Fsp3) is 0.273. The third kappa shape index (κ3) is 3.81. The number of thioether (sulfide) groups is 1. The number of para-hydroxylation sites is 1. The van der Waals surface area contributed by atoms with Crippen molar-refractivity contribution < 1.29 is 22.7 Å². The van der Waals surface area contributed by atoms with Crippen LogP contribution in [0.4, 0.5) is 18.9 Å². The quantitative estimate of drug-likeness (QED) is 0.587. The molecule has 3 aromatic rings. The van der Waals surface area contributed by atoms with Gasteiger partial charge in [-0.15, -0.1) is 11.8 Å². The van der Waals surface area contributed by atoms with Crippen LogP contribution in [0.25, 0.3) is 0 Å². The van der Waals surface area contributed by atoms with Gasteiger partial charge >= 0.3 is 11.0 Å². The lowest BCUT2D eigenvalue weighted by atomic mass is 9.84. The van der Waals surface area contributed by atoms with E-state index >= 15 is 0 Å². The number of thiazole rings is 1. The van der Waals surface area contributed by atoms with Crippen molar-refractivity contribution in [3.63, 3.8) is 0 Å². The van der Waals surface area contributed by atoms with Gasteiger partial charge in [-0.3, -0.25) is 14.2 Å². The lowest BCUT2D eigenvalue weighted by Crippen LogP contribution is -2.31. The zero-order valence-corrected chi connectivity index (χ0v) is 18.2. The van der Waals surface area contributed by atoms with Crippen LogP contribution in [-0.4, -0.2) is 22.8 Å². The lowest BCUT2D eigenvalue weighted by molar-refractivity contribution is -0.137. The molecule has 0 unspecified atom stereocenters. The second kappa shape index (κ2) is 8.00. The van der Waals surface area contributed by atoms with Crippen molar-refractivity contribution in [2.75, 3.05) is 17.7 Å². The Hall–Kier alpha value is -2.72. The van der Waals surface area contributed by atoms with Crippen molar-refractivity contribution >= 4 is 34.7 Å². The number of nitrogens with one attached hydrogen (secondary N) is 1. The molecule has 2 atom stereocenters. The highest BCUT2D eigenvalue weighted by atomic mass is 32.2. The van der Waals surface area contributed by atoms with Gasteiger partial charge in [-0.05, 0) is 24.3 Å². The second-order valence-corrected chi connectivity index (χ2v) is 9.65. The van der Waals surface area contributed by atoms with Gasteiger partial charge in [-0.1, -0.05) is 35.6 Å². The third-order valence-electron chi connectivity index (χ3n) is 5.54. The van der Waals surface area contributed by atoms with Crippen LogP contribution in [0.2, 0.25) is 0 Å². The van der Waals surface area contributed by atoms with Crippen LogP contribution in [0, 0.1) is 5.92 Å². The number of carbonyl (C=O) groups is 1. The van der Waals surface area contributed by atoms with E-state index in [1.165, 1.54) is 28.5 Å². The normalized spacial score (nSPS) is 19.3.